The van der Waals surface area contributed by atoms with E-state index in [1.807, 2.05) is 30.3 Å². The summed E-state index contributed by atoms with van der Waals surface area (Å²) in [6, 6.07) is 13.8. The van der Waals surface area contributed by atoms with Crippen LogP contribution in [0.5, 0.6) is 5.75 Å². The van der Waals surface area contributed by atoms with Gasteiger partial charge in [-0.25, -0.2) is 0 Å². The van der Waals surface area contributed by atoms with Crippen LogP contribution >= 0.6 is 0 Å². The Morgan fingerprint density at radius 3 is 2.17 bits per heavy atom. The normalized spacial score (nSPS) is 13.0. The lowest BCUT2D eigenvalue weighted by Gasteiger charge is -2.21. The zero-order valence-electron chi connectivity index (χ0n) is 13.1. The van der Waals surface area contributed by atoms with Gasteiger partial charge in [-0.05, 0) is 29.7 Å². The van der Waals surface area contributed by atoms with Crippen LogP contribution in [0.3, 0.4) is 0 Å². The number of carbonyl (C=O) groups excluding carboxylic acids is 2. The molecule has 2 aromatic rings. The molecule has 2 aromatic carbocycles. The summed E-state index contributed by atoms with van der Waals surface area (Å²) in [5.74, 6) is -1.70. The zero-order chi connectivity index (χ0) is 17.5. The molecule has 0 aliphatic rings. The second-order valence-corrected chi connectivity index (χ2v) is 5.64. The number of carboxylic acid groups (broad SMARTS) is 1. The number of aromatic hydroxyl groups is 1. The second kappa shape index (κ2) is 8.12. The maximum Gasteiger partial charge on any atom is 0.279 e. The van der Waals surface area contributed by atoms with Gasteiger partial charge in [0.1, 0.15) is 5.75 Å². The van der Waals surface area contributed by atoms with Gasteiger partial charge < -0.3 is 26.1 Å². The topological polar surface area (TPSA) is 117 Å². The van der Waals surface area contributed by atoms with Crippen molar-refractivity contribution >= 4 is 11.9 Å². The molecule has 6 heteroatoms. The summed E-state index contributed by atoms with van der Waals surface area (Å²) in [6.07, 6.45) is 0.498. The first-order chi connectivity index (χ1) is 11.5. The molecule has 0 radical (unpaired) electrons. The minimum absolute atomic E-state index is 0.0758. The van der Waals surface area contributed by atoms with E-state index in [-0.39, 0.29) is 12.2 Å². The molecule has 0 saturated carbocycles. The van der Waals surface area contributed by atoms with E-state index in [0.29, 0.717) is 12.0 Å². The van der Waals surface area contributed by atoms with E-state index >= 15 is 0 Å². The van der Waals surface area contributed by atoms with Gasteiger partial charge in [0, 0.05) is 6.42 Å². The average Bonchev–Trinajstić information content (AvgIpc) is 2.56. The molecule has 0 aliphatic heterocycles. The third-order valence-corrected chi connectivity index (χ3v) is 3.67. The highest BCUT2D eigenvalue weighted by atomic mass is 16.4. The molecule has 6 nitrogen and oxygen atoms in total. The molecular formula is C18H20N2O4. The van der Waals surface area contributed by atoms with Crippen LogP contribution in [0.2, 0.25) is 0 Å². The lowest BCUT2D eigenvalue weighted by Crippen LogP contribution is -2.70. The van der Waals surface area contributed by atoms with Gasteiger partial charge in [0.05, 0.1) is 12.0 Å². The Labute approximate surface area is 139 Å². The van der Waals surface area contributed by atoms with Gasteiger partial charge in [0.25, 0.3) is 5.91 Å². The molecule has 0 spiro atoms. The van der Waals surface area contributed by atoms with E-state index in [2.05, 4.69) is 11.1 Å². The third-order valence-electron chi connectivity index (χ3n) is 3.67. The van der Waals surface area contributed by atoms with Crippen LogP contribution in [-0.4, -0.2) is 29.1 Å². The van der Waals surface area contributed by atoms with Crippen LogP contribution in [0, 0.1) is 0 Å². The number of hydrogen-bond donors (Lipinski definition) is 3. The number of carboxylic acids is 1. The lowest BCUT2D eigenvalue weighted by molar-refractivity contribution is -0.403. The summed E-state index contributed by atoms with van der Waals surface area (Å²) in [6.45, 7) is 0. The molecule has 0 heterocycles. The molecule has 126 valence electrons. The number of carbonyl (C=O) groups is 2. The number of amides is 1. The van der Waals surface area contributed by atoms with Crippen molar-refractivity contribution in [3.8, 4) is 5.75 Å². The van der Waals surface area contributed by atoms with Crippen LogP contribution < -0.4 is 16.2 Å². The summed E-state index contributed by atoms with van der Waals surface area (Å²) in [4.78, 5) is 23.5. The highest BCUT2D eigenvalue weighted by Crippen LogP contribution is 2.11. The summed E-state index contributed by atoms with van der Waals surface area (Å²) in [5.41, 5.74) is 5.43. The fourth-order valence-corrected chi connectivity index (χ4v) is 2.34. The molecule has 2 atom stereocenters. The van der Waals surface area contributed by atoms with E-state index in [4.69, 9.17) is 0 Å². The van der Waals surface area contributed by atoms with Gasteiger partial charge >= 0.3 is 0 Å². The minimum atomic E-state index is -1.36. The van der Waals surface area contributed by atoms with Gasteiger partial charge in [-0.2, -0.15) is 0 Å². The number of phenols is 1. The fourth-order valence-electron chi connectivity index (χ4n) is 2.34. The van der Waals surface area contributed by atoms with Gasteiger partial charge in [-0.15, -0.1) is 0 Å². The molecule has 5 N–H and O–H groups in total. The molecule has 0 aromatic heterocycles. The lowest BCUT2D eigenvalue weighted by atomic mass is 10.0. The van der Waals surface area contributed by atoms with Crippen molar-refractivity contribution < 1.29 is 25.5 Å². The van der Waals surface area contributed by atoms with Crippen molar-refractivity contribution in [2.24, 2.45) is 0 Å². The Kier molecular flexibility index (Phi) is 5.92. The van der Waals surface area contributed by atoms with E-state index in [9.17, 15) is 19.8 Å². The molecule has 0 fully saturated rings. The first-order valence-electron chi connectivity index (χ1n) is 7.62. The van der Waals surface area contributed by atoms with Crippen LogP contribution in [0.15, 0.2) is 54.6 Å². The molecule has 0 unspecified atom stereocenters. The Hall–Kier alpha value is -2.86. The van der Waals surface area contributed by atoms with Crippen molar-refractivity contribution in [1.82, 2.24) is 5.32 Å². The van der Waals surface area contributed by atoms with Crippen molar-refractivity contribution in [1.29, 1.82) is 0 Å². The zero-order valence-corrected chi connectivity index (χ0v) is 13.1. The molecule has 0 bridgehead atoms. The van der Waals surface area contributed by atoms with Gasteiger partial charge in [0.2, 0.25) is 0 Å². The maximum absolute atomic E-state index is 12.2. The van der Waals surface area contributed by atoms with E-state index in [1.165, 1.54) is 12.1 Å². The highest BCUT2D eigenvalue weighted by Gasteiger charge is 2.22. The van der Waals surface area contributed by atoms with Crippen LogP contribution in [0.25, 0.3) is 0 Å². The molecule has 2 rings (SSSR count). The van der Waals surface area contributed by atoms with Gasteiger partial charge in [-0.3, -0.25) is 4.79 Å². The molecular weight excluding hydrogens is 308 g/mol. The van der Waals surface area contributed by atoms with Crippen LogP contribution in [-0.2, 0) is 22.4 Å². The first kappa shape index (κ1) is 17.5. The van der Waals surface area contributed by atoms with E-state index in [0.717, 1.165) is 5.56 Å². The molecule has 0 aliphatic carbocycles. The Bertz CT molecular complexity index is 686. The summed E-state index contributed by atoms with van der Waals surface area (Å²) in [7, 11) is 0. The number of nitrogens with one attached hydrogen (secondary N) is 1. The van der Waals surface area contributed by atoms with Crippen molar-refractivity contribution in [2.75, 3.05) is 0 Å². The third kappa shape index (κ3) is 5.10. The quantitative estimate of drug-likeness (QED) is 0.606. The van der Waals surface area contributed by atoms with Gasteiger partial charge in [0.15, 0.2) is 6.04 Å². The van der Waals surface area contributed by atoms with Gasteiger partial charge in [-0.1, -0.05) is 42.5 Å². The summed E-state index contributed by atoms with van der Waals surface area (Å²) in [5, 5.41) is 23.0. The number of quaternary nitrogens is 1. The molecule has 24 heavy (non-hydrogen) atoms. The SMILES string of the molecule is [NH3+][C@@H](Cc1ccccc1)C(=O)N[C@@H](Cc1ccc(O)cc1)C(=O)[O-]. The smallest absolute Gasteiger partial charge is 0.279 e. The first-order valence-corrected chi connectivity index (χ1v) is 7.62. The highest BCUT2D eigenvalue weighted by molar-refractivity contribution is 5.85. The largest absolute Gasteiger partial charge is 0.548 e. The minimum Gasteiger partial charge on any atom is -0.548 e. The Morgan fingerprint density at radius 2 is 1.58 bits per heavy atom. The molecule has 0 saturated heterocycles. The van der Waals surface area contributed by atoms with E-state index in [1.54, 1.807) is 12.1 Å². The number of aliphatic carboxylic acids is 1. The predicted octanol–water partition coefficient (Wildman–Crippen LogP) is -0.977. The average molecular weight is 328 g/mol. The maximum atomic E-state index is 12.2. The van der Waals surface area contributed by atoms with Crippen molar-refractivity contribution in [2.45, 2.75) is 24.9 Å². The number of benzene rings is 2. The predicted molar refractivity (Wildman–Crippen MR) is 85.6 cm³/mol. The van der Waals surface area contributed by atoms with Crippen molar-refractivity contribution in [3.05, 3.63) is 65.7 Å². The second-order valence-electron chi connectivity index (χ2n) is 5.64. The van der Waals surface area contributed by atoms with Crippen molar-refractivity contribution in [3.63, 3.8) is 0 Å². The number of hydrogen-bond acceptors (Lipinski definition) is 4. The summed E-state index contributed by atoms with van der Waals surface area (Å²) >= 11 is 0. The number of phenolic OH excluding ortho intramolecular Hbond substituents is 1. The standard InChI is InChI=1S/C18H20N2O4/c19-15(10-12-4-2-1-3-5-12)17(22)20-16(18(23)24)11-13-6-8-14(21)9-7-13/h1-9,15-16,21H,10-11,19H2,(H,20,22)(H,23,24)/t15-,16-/m0/s1. The summed E-state index contributed by atoms with van der Waals surface area (Å²) < 4.78 is 0. The fraction of sp³-hybridized carbons (Fsp3) is 0.222. The van der Waals surface area contributed by atoms with Crippen LogP contribution in [0.1, 0.15) is 11.1 Å². The Morgan fingerprint density at radius 1 is 1.00 bits per heavy atom. The monoisotopic (exact) mass is 328 g/mol. The van der Waals surface area contributed by atoms with Crippen LogP contribution in [0.4, 0.5) is 0 Å². The van der Waals surface area contributed by atoms with E-state index < -0.39 is 24.0 Å². The number of rotatable bonds is 7. The molecule has 1 amide bonds. The Balaban J connectivity index is 1.97.